The van der Waals surface area contributed by atoms with Gasteiger partial charge in [0.25, 0.3) is 11.6 Å². The van der Waals surface area contributed by atoms with E-state index in [-0.39, 0.29) is 23.9 Å². The van der Waals surface area contributed by atoms with Crippen LogP contribution < -0.4 is 5.73 Å². The Labute approximate surface area is 116 Å². The number of nitro groups is 1. The Morgan fingerprint density at radius 3 is 2.90 bits per heavy atom. The summed E-state index contributed by atoms with van der Waals surface area (Å²) >= 11 is 0. The summed E-state index contributed by atoms with van der Waals surface area (Å²) in [7, 11) is 0. The Morgan fingerprint density at radius 2 is 2.30 bits per heavy atom. The number of nitro benzene ring substituents is 1. The lowest BCUT2D eigenvalue weighted by Crippen LogP contribution is -2.28. The van der Waals surface area contributed by atoms with Crippen LogP contribution in [-0.2, 0) is 0 Å². The average Bonchev–Trinajstić information content (AvgIpc) is 2.86. The number of nitrogens with zero attached hydrogens (tertiary/aromatic N) is 2. The molecule has 1 saturated heterocycles. The summed E-state index contributed by atoms with van der Waals surface area (Å²) < 4.78 is 0. The number of rotatable bonds is 4. The molecule has 1 aromatic rings. The average molecular weight is 279 g/mol. The van der Waals surface area contributed by atoms with Gasteiger partial charge in [0.2, 0.25) is 0 Å². The molecule has 1 atom stereocenters. The molecular weight excluding hydrogens is 262 g/mol. The molecule has 0 bridgehead atoms. The Hall–Kier alpha value is -2.15. The minimum Gasteiger partial charge on any atom is -0.396 e. The Bertz CT molecular complexity index is 532. The number of aliphatic hydroxyl groups excluding tert-OH is 1. The lowest BCUT2D eigenvalue weighted by molar-refractivity contribution is -0.383. The van der Waals surface area contributed by atoms with E-state index in [9.17, 15) is 14.9 Å². The van der Waals surface area contributed by atoms with Gasteiger partial charge in [-0.25, -0.2) is 0 Å². The molecule has 2 rings (SSSR count). The van der Waals surface area contributed by atoms with Crippen molar-refractivity contribution in [2.75, 3.05) is 25.4 Å². The van der Waals surface area contributed by atoms with Crippen LogP contribution in [0.5, 0.6) is 0 Å². The minimum absolute atomic E-state index is 0.00745. The first-order valence-corrected chi connectivity index (χ1v) is 6.47. The quantitative estimate of drug-likeness (QED) is 0.486. The van der Waals surface area contributed by atoms with Crippen molar-refractivity contribution in [1.29, 1.82) is 0 Å². The molecule has 3 N–H and O–H groups in total. The highest BCUT2D eigenvalue weighted by Crippen LogP contribution is 2.25. The predicted molar refractivity (Wildman–Crippen MR) is 73.2 cm³/mol. The molecule has 1 aliphatic heterocycles. The molecule has 0 saturated carbocycles. The van der Waals surface area contributed by atoms with Gasteiger partial charge in [-0.1, -0.05) is 0 Å². The lowest BCUT2D eigenvalue weighted by atomic mass is 10.1. The maximum absolute atomic E-state index is 12.3. The van der Waals surface area contributed by atoms with E-state index in [0.29, 0.717) is 31.0 Å². The Balaban J connectivity index is 2.10. The molecular formula is C13H17N3O4. The van der Waals surface area contributed by atoms with Crippen LogP contribution in [0.25, 0.3) is 0 Å². The number of amides is 1. The Morgan fingerprint density at radius 1 is 1.55 bits per heavy atom. The largest absolute Gasteiger partial charge is 0.396 e. The first-order chi connectivity index (χ1) is 9.52. The molecule has 1 aliphatic rings. The monoisotopic (exact) mass is 279 g/mol. The van der Waals surface area contributed by atoms with Gasteiger partial charge < -0.3 is 15.7 Å². The SMILES string of the molecule is Nc1cc(C(=O)N2CCC(CCO)C2)ccc1[N+](=O)[O-]. The van der Waals surface area contributed by atoms with Crippen molar-refractivity contribution in [3.8, 4) is 0 Å². The number of anilines is 1. The van der Waals surface area contributed by atoms with Crippen LogP contribution in [-0.4, -0.2) is 40.5 Å². The second-order valence-corrected chi connectivity index (χ2v) is 4.95. The molecule has 0 aliphatic carbocycles. The summed E-state index contributed by atoms with van der Waals surface area (Å²) in [5.74, 6) is 0.145. The van der Waals surface area contributed by atoms with Gasteiger partial charge in [0, 0.05) is 31.3 Å². The zero-order valence-electron chi connectivity index (χ0n) is 11.0. The highest BCUT2D eigenvalue weighted by atomic mass is 16.6. The summed E-state index contributed by atoms with van der Waals surface area (Å²) in [6.45, 7) is 1.37. The number of nitrogens with two attached hydrogens (primary N) is 1. The molecule has 7 nitrogen and oxygen atoms in total. The number of benzene rings is 1. The van der Waals surface area contributed by atoms with E-state index in [2.05, 4.69) is 0 Å². The third-order valence-electron chi connectivity index (χ3n) is 3.58. The Kier molecular flexibility index (Phi) is 4.19. The van der Waals surface area contributed by atoms with Gasteiger partial charge in [-0.3, -0.25) is 14.9 Å². The van der Waals surface area contributed by atoms with Crippen LogP contribution in [0, 0.1) is 16.0 Å². The highest BCUT2D eigenvalue weighted by molar-refractivity contribution is 5.95. The predicted octanol–water partition coefficient (Wildman–Crippen LogP) is 1.02. The van der Waals surface area contributed by atoms with Crippen molar-refractivity contribution in [3.05, 3.63) is 33.9 Å². The molecule has 1 fully saturated rings. The molecule has 1 amide bonds. The van der Waals surface area contributed by atoms with Crippen LogP contribution >= 0.6 is 0 Å². The molecule has 20 heavy (non-hydrogen) atoms. The fraction of sp³-hybridized carbons (Fsp3) is 0.462. The maximum atomic E-state index is 12.3. The standard InChI is InChI=1S/C13H17N3O4/c14-11-7-10(1-2-12(11)16(19)20)13(18)15-5-3-9(8-15)4-6-17/h1-2,7,9,17H,3-6,8,14H2. The number of carbonyl (C=O) groups excluding carboxylic acids is 1. The van der Waals surface area contributed by atoms with Gasteiger partial charge in [0.05, 0.1) is 4.92 Å². The topological polar surface area (TPSA) is 110 Å². The van der Waals surface area contributed by atoms with Crippen LogP contribution in [0.3, 0.4) is 0 Å². The van der Waals surface area contributed by atoms with Gasteiger partial charge in [0.1, 0.15) is 5.69 Å². The zero-order chi connectivity index (χ0) is 14.7. The third-order valence-corrected chi connectivity index (χ3v) is 3.58. The lowest BCUT2D eigenvalue weighted by Gasteiger charge is -2.16. The summed E-state index contributed by atoms with van der Waals surface area (Å²) in [5, 5.41) is 19.6. The maximum Gasteiger partial charge on any atom is 0.292 e. The van der Waals surface area contributed by atoms with Crippen LogP contribution in [0.15, 0.2) is 18.2 Å². The summed E-state index contributed by atoms with van der Waals surface area (Å²) in [6.07, 6.45) is 1.56. The number of hydrogen-bond acceptors (Lipinski definition) is 5. The molecule has 0 spiro atoms. The zero-order valence-corrected chi connectivity index (χ0v) is 11.0. The van der Waals surface area contributed by atoms with Gasteiger partial charge in [-0.15, -0.1) is 0 Å². The molecule has 7 heteroatoms. The van der Waals surface area contributed by atoms with Crippen molar-refractivity contribution < 1.29 is 14.8 Å². The van der Waals surface area contributed by atoms with Gasteiger partial charge in [-0.05, 0) is 30.9 Å². The number of carbonyl (C=O) groups is 1. The summed E-state index contributed by atoms with van der Waals surface area (Å²) in [5.41, 5.74) is 5.75. The van der Waals surface area contributed by atoms with E-state index in [0.717, 1.165) is 6.42 Å². The first kappa shape index (κ1) is 14.3. The fourth-order valence-corrected chi connectivity index (χ4v) is 2.47. The van der Waals surface area contributed by atoms with E-state index >= 15 is 0 Å². The van der Waals surface area contributed by atoms with Gasteiger partial charge >= 0.3 is 0 Å². The fourth-order valence-electron chi connectivity index (χ4n) is 2.47. The second-order valence-electron chi connectivity index (χ2n) is 4.95. The molecule has 1 heterocycles. The number of hydrogen-bond donors (Lipinski definition) is 2. The minimum atomic E-state index is -0.573. The second kappa shape index (κ2) is 5.87. The first-order valence-electron chi connectivity index (χ1n) is 6.47. The van der Waals surface area contributed by atoms with E-state index in [1.54, 1.807) is 4.90 Å². The van der Waals surface area contributed by atoms with Crippen molar-refractivity contribution in [1.82, 2.24) is 4.90 Å². The van der Waals surface area contributed by atoms with Gasteiger partial charge in [0.15, 0.2) is 0 Å². The molecule has 0 radical (unpaired) electrons. The molecule has 108 valence electrons. The smallest absolute Gasteiger partial charge is 0.292 e. The number of likely N-dealkylation sites (tertiary alicyclic amines) is 1. The van der Waals surface area contributed by atoms with Crippen molar-refractivity contribution in [2.24, 2.45) is 5.92 Å². The van der Waals surface area contributed by atoms with Crippen LogP contribution in [0.2, 0.25) is 0 Å². The van der Waals surface area contributed by atoms with E-state index in [1.165, 1.54) is 18.2 Å². The third kappa shape index (κ3) is 2.88. The molecule has 0 aromatic heterocycles. The van der Waals surface area contributed by atoms with E-state index in [4.69, 9.17) is 10.8 Å². The summed E-state index contributed by atoms with van der Waals surface area (Å²) in [4.78, 5) is 24.1. The molecule has 1 aromatic carbocycles. The van der Waals surface area contributed by atoms with Gasteiger partial charge in [-0.2, -0.15) is 0 Å². The summed E-state index contributed by atoms with van der Waals surface area (Å²) in [6, 6.07) is 4.03. The van der Waals surface area contributed by atoms with E-state index in [1.807, 2.05) is 0 Å². The van der Waals surface area contributed by atoms with Crippen molar-refractivity contribution in [2.45, 2.75) is 12.8 Å². The highest BCUT2D eigenvalue weighted by Gasteiger charge is 2.27. The normalized spacial score (nSPS) is 18.2. The number of nitrogen functional groups attached to an aromatic ring is 1. The van der Waals surface area contributed by atoms with Crippen LogP contribution in [0.4, 0.5) is 11.4 Å². The number of aliphatic hydroxyl groups is 1. The van der Waals surface area contributed by atoms with Crippen LogP contribution in [0.1, 0.15) is 23.2 Å². The molecule has 1 unspecified atom stereocenters. The van der Waals surface area contributed by atoms with E-state index < -0.39 is 4.92 Å². The van der Waals surface area contributed by atoms with Crippen molar-refractivity contribution in [3.63, 3.8) is 0 Å². The van der Waals surface area contributed by atoms with Crippen molar-refractivity contribution >= 4 is 17.3 Å².